The van der Waals surface area contributed by atoms with Crippen LogP contribution in [0.25, 0.3) is 10.6 Å². The molecule has 3 heterocycles. The third kappa shape index (κ3) is 4.52. The number of rotatable bonds is 6. The van der Waals surface area contributed by atoms with E-state index in [1.165, 1.54) is 29.2 Å². The van der Waals surface area contributed by atoms with Crippen molar-refractivity contribution in [1.29, 1.82) is 0 Å². The van der Waals surface area contributed by atoms with E-state index in [1.54, 1.807) is 12.4 Å². The quantitative estimate of drug-likeness (QED) is 0.686. The van der Waals surface area contributed by atoms with Crippen molar-refractivity contribution in [3.05, 3.63) is 63.5 Å². The summed E-state index contributed by atoms with van der Waals surface area (Å²) >= 11 is 3.02. The van der Waals surface area contributed by atoms with Gasteiger partial charge in [0.15, 0.2) is 0 Å². The number of aromatic nitrogens is 4. The summed E-state index contributed by atoms with van der Waals surface area (Å²) in [5.41, 5.74) is 1.50. The average molecular weight is 373 g/mol. The molecule has 0 bridgehead atoms. The van der Waals surface area contributed by atoms with E-state index in [-0.39, 0.29) is 17.8 Å². The van der Waals surface area contributed by atoms with Crippen molar-refractivity contribution in [2.45, 2.75) is 12.3 Å². The molecule has 0 atom stereocenters. The van der Waals surface area contributed by atoms with Gasteiger partial charge in [-0.05, 0) is 18.4 Å². The average Bonchev–Trinajstić information content (AvgIpc) is 3.09. The molecule has 0 spiro atoms. The van der Waals surface area contributed by atoms with Gasteiger partial charge in [-0.3, -0.25) is 14.6 Å². The van der Waals surface area contributed by atoms with Gasteiger partial charge in [0.1, 0.15) is 16.5 Å². The van der Waals surface area contributed by atoms with Gasteiger partial charge in [0, 0.05) is 29.4 Å². The van der Waals surface area contributed by atoms with Gasteiger partial charge in [-0.25, -0.2) is 9.97 Å². The molecule has 2 N–H and O–H groups in total. The molecule has 3 aromatic heterocycles. The molecule has 3 aromatic rings. The molecule has 0 aromatic carbocycles. The highest BCUT2D eigenvalue weighted by Crippen LogP contribution is 2.22. The van der Waals surface area contributed by atoms with E-state index in [2.05, 4.69) is 25.3 Å². The Balaban J connectivity index is 1.67. The number of carbonyl (C=O) groups is 1. The smallest absolute Gasteiger partial charge is 0.270 e. The first-order chi connectivity index (χ1) is 12.2. The van der Waals surface area contributed by atoms with E-state index < -0.39 is 5.91 Å². The van der Waals surface area contributed by atoms with Crippen molar-refractivity contribution in [3.63, 3.8) is 0 Å². The highest BCUT2D eigenvalue weighted by molar-refractivity contribution is 7.97. The summed E-state index contributed by atoms with van der Waals surface area (Å²) in [4.78, 5) is 39.1. The Bertz CT molecular complexity index is 924. The summed E-state index contributed by atoms with van der Waals surface area (Å²) in [6.45, 7) is 0.271. The maximum absolute atomic E-state index is 12.2. The van der Waals surface area contributed by atoms with Crippen molar-refractivity contribution in [2.75, 3.05) is 6.26 Å². The van der Waals surface area contributed by atoms with E-state index in [1.807, 2.05) is 23.8 Å². The normalized spacial score (nSPS) is 10.6. The van der Waals surface area contributed by atoms with Crippen molar-refractivity contribution >= 4 is 29.0 Å². The molecule has 25 heavy (non-hydrogen) atoms. The molecular weight excluding hydrogens is 358 g/mol. The molecule has 9 heteroatoms. The van der Waals surface area contributed by atoms with Crippen LogP contribution >= 0.6 is 23.1 Å². The fraction of sp³-hybridized carbons (Fsp3) is 0.188. The van der Waals surface area contributed by atoms with Crippen molar-refractivity contribution in [3.8, 4) is 10.6 Å². The maximum atomic E-state index is 12.2. The number of thiazole rings is 1. The fourth-order valence-corrected chi connectivity index (χ4v) is 3.34. The lowest BCUT2D eigenvalue weighted by Gasteiger charge is -2.04. The van der Waals surface area contributed by atoms with Crippen LogP contribution in [0.2, 0.25) is 0 Å². The second-order valence-electron chi connectivity index (χ2n) is 5.07. The Morgan fingerprint density at radius 3 is 2.88 bits per heavy atom. The monoisotopic (exact) mass is 373 g/mol. The molecule has 7 nitrogen and oxygen atoms in total. The van der Waals surface area contributed by atoms with Crippen molar-refractivity contribution < 1.29 is 4.79 Å². The number of pyridine rings is 1. The molecule has 1 amide bonds. The summed E-state index contributed by atoms with van der Waals surface area (Å²) < 4.78 is 0. The Labute approximate surface area is 152 Å². The molecule has 0 aliphatic heterocycles. The number of amides is 1. The Hall–Kier alpha value is -2.52. The molecule has 0 unspecified atom stereocenters. The Morgan fingerprint density at radius 2 is 2.12 bits per heavy atom. The molecule has 3 rings (SSSR count). The van der Waals surface area contributed by atoms with E-state index in [0.717, 1.165) is 16.3 Å². The summed E-state index contributed by atoms with van der Waals surface area (Å²) in [6, 6.07) is 4.96. The van der Waals surface area contributed by atoms with Crippen molar-refractivity contribution in [2.24, 2.45) is 0 Å². The van der Waals surface area contributed by atoms with E-state index in [0.29, 0.717) is 11.6 Å². The molecule has 0 aliphatic rings. The van der Waals surface area contributed by atoms with Crippen LogP contribution in [-0.4, -0.2) is 32.1 Å². The van der Waals surface area contributed by atoms with Crippen molar-refractivity contribution in [1.82, 2.24) is 25.3 Å². The molecular formula is C16H15N5O2S2. The second kappa shape index (κ2) is 8.04. The van der Waals surface area contributed by atoms with Gasteiger partial charge in [-0.2, -0.15) is 11.8 Å². The number of carbonyl (C=O) groups excluding carboxylic acids is 1. The number of thioether (sulfide) groups is 1. The fourth-order valence-electron chi connectivity index (χ4n) is 2.11. The topological polar surface area (TPSA) is 101 Å². The van der Waals surface area contributed by atoms with Crippen LogP contribution in [0.15, 0.2) is 40.8 Å². The first-order valence-corrected chi connectivity index (χ1v) is 9.65. The maximum Gasteiger partial charge on any atom is 0.270 e. The van der Waals surface area contributed by atoms with E-state index in [4.69, 9.17) is 0 Å². The van der Waals surface area contributed by atoms with Crippen LogP contribution in [0.4, 0.5) is 0 Å². The molecule has 128 valence electrons. The lowest BCUT2D eigenvalue weighted by molar-refractivity contribution is 0.0945. The first kappa shape index (κ1) is 17.3. The molecule has 0 fully saturated rings. The predicted molar refractivity (Wildman–Crippen MR) is 98.6 cm³/mol. The number of H-pyrrole nitrogens is 1. The first-order valence-electron chi connectivity index (χ1n) is 7.38. The molecule has 0 saturated carbocycles. The predicted octanol–water partition coefficient (Wildman–Crippen LogP) is 2.08. The lowest BCUT2D eigenvalue weighted by Crippen LogP contribution is -2.26. The summed E-state index contributed by atoms with van der Waals surface area (Å²) in [5.74, 6) is 0.628. The number of aromatic amines is 1. The van der Waals surface area contributed by atoms with E-state index in [9.17, 15) is 9.59 Å². The highest BCUT2D eigenvalue weighted by atomic mass is 32.2. The van der Waals surface area contributed by atoms with Crippen LogP contribution in [0.1, 0.15) is 22.0 Å². The van der Waals surface area contributed by atoms with Gasteiger partial charge in [0.2, 0.25) is 0 Å². The minimum atomic E-state index is -0.396. The Morgan fingerprint density at radius 1 is 1.32 bits per heavy atom. The summed E-state index contributed by atoms with van der Waals surface area (Å²) in [6.07, 6.45) is 5.32. The largest absolute Gasteiger partial charge is 0.345 e. The van der Waals surface area contributed by atoms with Crippen LogP contribution in [0.5, 0.6) is 0 Å². The summed E-state index contributed by atoms with van der Waals surface area (Å²) in [5, 5.41) is 5.50. The zero-order valence-electron chi connectivity index (χ0n) is 13.4. The number of nitrogens with zero attached hydrogens (tertiary/aromatic N) is 3. The van der Waals surface area contributed by atoms with Gasteiger partial charge in [-0.15, -0.1) is 11.3 Å². The minimum Gasteiger partial charge on any atom is -0.345 e. The molecule has 0 radical (unpaired) electrons. The van der Waals surface area contributed by atoms with Crippen LogP contribution in [0, 0.1) is 0 Å². The standard InChI is InChI=1S/C16H15N5O2S2/c1-24-9-13-20-12(6-14(22)21-13)15(23)18-7-11-8-25-16(19-11)10-2-4-17-5-3-10/h2-6,8H,7,9H2,1H3,(H,18,23)(H,20,21,22). The minimum absolute atomic E-state index is 0.109. The van der Waals surface area contributed by atoms with Crippen LogP contribution in [-0.2, 0) is 12.3 Å². The summed E-state index contributed by atoms with van der Waals surface area (Å²) in [7, 11) is 0. The number of nitrogens with one attached hydrogen (secondary N) is 2. The molecule has 0 aliphatic carbocycles. The Kier molecular flexibility index (Phi) is 5.56. The SMILES string of the molecule is CSCc1nc(C(=O)NCc2csc(-c3ccncc3)n2)cc(=O)[nH]1. The number of hydrogen-bond donors (Lipinski definition) is 2. The van der Waals surface area contributed by atoms with Gasteiger partial charge < -0.3 is 10.3 Å². The highest BCUT2D eigenvalue weighted by Gasteiger charge is 2.11. The van der Waals surface area contributed by atoms with E-state index >= 15 is 0 Å². The van der Waals surface area contributed by atoms with Gasteiger partial charge >= 0.3 is 0 Å². The van der Waals surface area contributed by atoms with Crippen LogP contribution in [0.3, 0.4) is 0 Å². The third-order valence-electron chi connectivity index (χ3n) is 3.21. The van der Waals surface area contributed by atoms with Crippen LogP contribution < -0.4 is 10.9 Å². The molecule has 0 saturated heterocycles. The zero-order valence-corrected chi connectivity index (χ0v) is 15.0. The zero-order chi connectivity index (χ0) is 17.6. The van der Waals surface area contributed by atoms with Gasteiger partial charge in [0.25, 0.3) is 11.5 Å². The number of hydrogen-bond acceptors (Lipinski definition) is 7. The van der Waals surface area contributed by atoms with Gasteiger partial charge in [0.05, 0.1) is 18.0 Å². The lowest BCUT2D eigenvalue weighted by atomic mass is 10.3. The third-order valence-corrected chi connectivity index (χ3v) is 4.72. The second-order valence-corrected chi connectivity index (χ2v) is 6.80. The van der Waals surface area contributed by atoms with Gasteiger partial charge in [-0.1, -0.05) is 0 Å².